The predicted octanol–water partition coefficient (Wildman–Crippen LogP) is 3.00. The van der Waals surface area contributed by atoms with Gasteiger partial charge in [-0.25, -0.2) is 4.39 Å². The summed E-state index contributed by atoms with van der Waals surface area (Å²) in [4.78, 5) is 23.6. The maximum absolute atomic E-state index is 13.0. The number of ether oxygens (including phenoxy) is 1. The van der Waals surface area contributed by atoms with Crippen molar-refractivity contribution in [3.63, 3.8) is 0 Å². The molecule has 3 rings (SSSR count). The number of amides is 1. The lowest BCUT2D eigenvalue weighted by Gasteiger charge is -2.06. The number of hydrogen-bond acceptors (Lipinski definition) is 5. The third-order valence-electron chi connectivity index (χ3n) is 3.45. The molecule has 6 nitrogen and oxygen atoms in total. The van der Waals surface area contributed by atoms with Crippen LogP contribution in [0.3, 0.4) is 0 Å². The summed E-state index contributed by atoms with van der Waals surface area (Å²) in [5.41, 5.74) is 1.32. The summed E-state index contributed by atoms with van der Waals surface area (Å²) < 4.78 is 23.2. The molecule has 1 aromatic heterocycles. The van der Waals surface area contributed by atoms with Crippen LogP contribution >= 0.6 is 0 Å². The number of phenolic OH excluding ortho intramolecular Hbond substituents is 1. The summed E-state index contributed by atoms with van der Waals surface area (Å²) >= 11 is 0. The summed E-state index contributed by atoms with van der Waals surface area (Å²) in [7, 11) is 0. The number of phenols is 1. The summed E-state index contributed by atoms with van der Waals surface area (Å²) in [6.45, 7) is -0.480. The number of furan rings is 1. The van der Waals surface area contributed by atoms with Gasteiger partial charge in [-0.2, -0.15) is 0 Å². The molecule has 0 aliphatic rings. The Morgan fingerprint density at radius 1 is 1.20 bits per heavy atom. The van der Waals surface area contributed by atoms with Crippen molar-refractivity contribution in [2.24, 2.45) is 0 Å². The number of esters is 1. The first-order valence-electron chi connectivity index (χ1n) is 7.41. The van der Waals surface area contributed by atoms with E-state index in [1.165, 1.54) is 36.6 Å². The molecular weight excluding hydrogens is 329 g/mol. The van der Waals surface area contributed by atoms with Crippen LogP contribution < -0.4 is 5.32 Å². The van der Waals surface area contributed by atoms with E-state index in [9.17, 15) is 19.1 Å². The van der Waals surface area contributed by atoms with E-state index in [1.54, 1.807) is 6.07 Å². The summed E-state index contributed by atoms with van der Waals surface area (Å²) in [5.74, 6) is -1.59. The van der Waals surface area contributed by atoms with E-state index in [0.29, 0.717) is 16.5 Å². The molecule has 0 spiro atoms. The smallest absolute Gasteiger partial charge is 0.310 e. The molecule has 7 heteroatoms. The molecule has 128 valence electrons. The van der Waals surface area contributed by atoms with Crippen LogP contribution in [0.4, 0.5) is 10.1 Å². The molecule has 0 unspecified atom stereocenters. The number of halogens is 1. The molecule has 2 N–H and O–H groups in total. The fourth-order valence-electron chi connectivity index (χ4n) is 2.32. The maximum Gasteiger partial charge on any atom is 0.310 e. The normalized spacial score (nSPS) is 10.6. The number of anilines is 1. The number of rotatable bonds is 5. The van der Waals surface area contributed by atoms with Crippen molar-refractivity contribution in [3.05, 3.63) is 60.1 Å². The van der Waals surface area contributed by atoms with Crippen molar-refractivity contribution in [2.45, 2.75) is 6.42 Å². The third kappa shape index (κ3) is 4.14. The van der Waals surface area contributed by atoms with Gasteiger partial charge in [0.2, 0.25) is 0 Å². The Morgan fingerprint density at radius 3 is 2.84 bits per heavy atom. The highest BCUT2D eigenvalue weighted by Crippen LogP contribution is 2.25. The van der Waals surface area contributed by atoms with Crippen LogP contribution in [0.15, 0.2) is 53.1 Å². The van der Waals surface area contributed by atoms with Gasteiger partial charge in [-0.05, 0) is 30.3 Å². The summed E-state index contributed by atoms with van der Waals surface area (Å²) in [6.07, 6.45) is 1.32. The van der Waals surface area contributed by atoms with Gasteiger partial charge in [-0.3, -0.25) is 9.59 Å². The largest absolute Gasteiger partial charge is 0.508 e. The van der Waals surface area contributed by atoms with E-state index in [1.807, 2.05) is 0 Å². The van der Waals surface area contributed by atoms with Crippen LogP contribution in [-0.2, 0) is 20.7 Å². The number of aromatic hydroxyl groups is 1. The van der Waals surface area contributed by atoms with Crippen molar-refractivity contribution >= 4 is 28.5 Å². The van der Waals surface area contributed by atoms with Gasteiger partial charge in [0.25, 0.3) is 5.91 Å². The first-order chi connectivity index (χ1) is 12.0. The lowest BCUT2D eigenvalue weighted by atomic mass is 10.1. The van der Waals surface area contributed by atoms with Crippen molar-refractivity contribution < 1.29 is 28.2 Å². The molecule has 0 aliphatic carbocycles. The SMILES string of the molecule is O=C(COC(=O)Cc1coc2cc(O)ccc12)Nc1cccc(F)c1. The molecule has 0 bridgehead atoms. The zero-order chi connectivity index (χ0) is 17.8. The van der Waals surface area contributed by atoms with E-state index >= 15 is 0 Å². The van der Waals surface area contributed by atoms with Gasteiger partial charge >= 0.3 is 5.97 Å². The lowest BCUT2D eigenvalue weighted by molar-refractivity contribution is -0.146. The Kier molecular flexibility index (Phi) is 4.65. The van der Waals surface area contributed by atoms with Crippen molar-refractivity contribution in [1.29, 1.82) is 0 Å². The molecule has 1 heterocycles. The highest BCUT2D eigenvalue weighted by atomic mass is 19.1. The van der Waals surface area contributed by atoms with Crippen LogP contribution in [0.2, 0.25) is 0 Å². The van der Waals surface area contributed by atoms with Gasteiger partial charge in [0.05, 0.1) is 12.7 Å². The van der Waals surface area contributed by atoms with Gasteiger partial charge in [-0.15, -0.1) is 0 Å². The Labute approximate surface area is 141 Å². The highest BCUT2D eigenvalue weighted by Gasteiger charge is 2.13. The minimum atomic E-state index is -0.606. The number of benzene rings is 2. The highest BCUT2D eigenvalue weighted by molar-refractivity contribution is 5.93. The lowest BCUT2D eigenvalue weighted by Crippen LogP contribution is -2.21. The van der Waals surface area contributed by atoms with Gasteiger partial charge in [0, 0.05) is 22.7 Å². The molecule has 0 saturated carbocycles. The third-order valence-corrected chi connectivity index (χ3v) is 3.45. The Hall–Kier alpha value is -3.35. The Bertz CT molecular complexity index is 934. The van der Waals surface area contributed by atoms with Crippen molar-refractivity contribution in [1.82, 2.24) is 0 Å². The second-order valence-electron chi connectivity index (χ2n) is 5.34. The van der Waals surface area contributed by atoms with Gasteiger partial charge in [0.1, 0.15) is 17.1 Å². The number of nitrogens with one attached hydrogen (secondary N) is 1. The van der Waals surface area contributed by atoms with Gasteiger partial charge < -0.3 is 19.6 Å². The monoisotopic (exact) mass is 343 g/mol. The molecule has 1 amide bonds. The first-order valence-corrected chi connectivity index (χ1v) is 7.41. The fraction of sp³-hybridized carbons (Fsp3) is 0.111. The van der Waals surface area contributed by atoms with Crippen LogP contribution in [0.5, 0.6) is 5.75 Å². The quantitative estimate of drug-likeness (QED) is 0.695. The van der Waals surface area contributed by atoms with E-state index in [0.717, 1.165) is 6.07 Å². The molecule has 0 saturated heterocycles. The van der Waals surface area contributed by atoms with E-state index < -0.39 is 24.3 Å². The fourth-order valence-corrected chi connectivity index (χ4v) is 2.32. The summed E-state index contributed by atoms with van der Waals surface area (Å²) in [5, 5.41) is 12.5. The minimum absolute atomic E-state index is 0.0602. The molecule has 0 aliphatic heterocycles. The molecule has 25 heavy (non-hydrogen) atoms. The molecular formula is C18H14FNO5. The number of carbonyl (C=O) groups is 2. The maximum atomic E-state index is 13.0. The second kappa shape index (κ2) is 7.04. The van der Waals surface area contributed by atoms with Gasteiger partial charge in [-0.1, -0.05) is 6.07 Å². The minimum Gasteiger partial charge on any atom is -0.508 e. The van der Waals surface area contributed by atoms with E-state index in [4.69, 9.17) is 9.15 Å². The van der Waals surface area contributed by atoms with Crippen LogP contribution in [0, 0.1) is 5.82 Å². The summed E-state index contributed by atoms with van der Waals surface area (Å²) in [6, 6.07) is 9.95. The average Bonchev–Trinajstić information content (AvgIpc) is 2.95. The standard InChI is InChI=1S/C18H14FNO5/c19-12-2-1-3-13(7-12)20-17(22)10-25-18(23)6-11-9-24-16-8-14(21)4-5-15(11)16/h1-5,7-9,21H,6,10H2,(H,20,22). The van der Waals surface area contributed by atoms with Gasteiger partial charge in [0.15, 0.2) is 6.61 Å². The predicted molar refractivity (Wildman–Crippen MR) is 87.6 cm³/mol. The van der Waals surface area contributed by atoms with Crippen LogP contribution in [0.25, 0.3) is 11.0 Å². The zero-order valence-electron chi connectivity index (χ0n) is 13.0. The van der Waals surface area contributed by atoms with Crippen LogP contribution in [-0.4, -0.2) is 23.6 Å². The second-order valence-corrected chi connectivity index (χ2v) is 5.34. The number of hydrogen-bond donors (Lipinski definition) is 2. The number of carbonyl (C=O) groups excluding carboxylic acids is 2. The molecule has 3 aromatic rings. The molecule has 0 fully saturated rings. The topological polar surface area (TPSA) is 88.8 Å². The van der Waals surface area contributed by atoms with E-state index in [-0.39, 0.29) is 17.9 Å². The first kappa shape index (κ1) is 16.5. The zero-order valence-corrected chi connectivity index (χ0v) is 13.0. The molecule has 2 aromatic carbocycles. The van der Waals surface area contributed by atoms with E-state index in [2.05, 4.69) is 5.32 Å². The van der Waals surface area contributed by atoms with Crippen molar-refractivity contribution in [3.8, 4) is 5.75 Å². The number of fused-ring (bicyclic) bond motifs is 1. The van der Waals surface area contributed by atoms with Crippen molar-refractivity contribution in [2.75, 3.05) is 11.9 Å². The average molecular weight is 343 g/mol. The Morgan fingerprint density at radius 2 is 2.04 bits per heavy atom. The van der Waals surface area contributed by atoms with Crippen LogP contribution in [0.1, 0.15) is 5.56 Å². The molecule has 0 radical (unpaired) electrons. The molecule has 0 atom stereocenters. The Balaban J connectivity index is 1.54.